The summed E-state index contributed by atoms with van der Waals surface area (Å²) in [6.07, 6.45) is 3.07. The number of methoxy groups -OCH3 is 1. The van der Waals surface area contributed by atoms with Gasteiger partial charge in [-0.25, -0.2) is 9.67 Å². The fourth-order valence-corrected chi connectivity index (χ4v) is 3.08. The molecule has 1 unspecified atom stereocenters. The van der Waals surface area contributed by atoms with E-state index in [9.17, 15) is 4.79 Å². The third kappa shape index (κ3) is 3.30. The Morgan fingerprint density at radius 3 is 3.23 bits per heavy atom. The lowest BCUT2D eigenvalue weighted by Crippen LogP contribution is -2.36. The molecule has 0 saturated carbocycles. The van der Waals surface area contributed by atoms with Crippen LogP contribution in [0.15, 0.2) is 41.2 Å². The largest absolute Gasteiger partial charge is 0.497 e. The fourth-order valence-electron chi connectivity index (χ4n) is 3.08. The maximum Gasteiger partial charge on any atom is 0.225 e. The lowest BCUT2D eigenvalue weighted by atomic mass is 9.99. The van der Waals surface area contributed by atoms with E-state index in [1.165, 1.54) is 6.33 Å². The van der Waals surface area contributed by atoms with Crippen LogP contribution in [-0.4, -0.2) is 32.9 Å². The standard InChI is InChI=1S/C18H19N5O3/c1-25-14-4-2-3-12(7-14)16-8-15(26-22-16)9-19-18(24)13-5-6-17-20-11-21-23(17)10-13/h2-4,7-8,11,13H,5-6,9-10H2,1H3,(H,19,24). The molecule has 8 nitrogen and oxygen atoms in total. The molecule has 1 amide bonds. The van der Waals surface area contributed by atoms with E-state index in [1.807, 2.05) is 30.3 Å². The average molecular weight is 353 g/mol. The van der Waals surface area contributed by atoms with E-state index < -0.39 is 0 Å². The summed E-state index contributed by atoms with van der Waals surface area (Å²) in [6, 6.07) is 9.41. The van der Waals surface area contributed by atoms with Crippen molar-refractivity contribution in [2.45, 2.75) is 25.9 Å². The molecule has 1 atom stereocenters. The van der Waals surface area contributed by atoms with E-state index in [-0.39, 0.29) is 11.8 Å². The summed E-state index contributed by atoms with van der Waals surface area (Å²) in [5, 5.41) is 11.1. The van der Waals surface area contributed by atoms with Crippen LogP contribution >= 0.6 is 0 Å². The summed E-state index contributed by atoms with van der Waals surface area (Å²) in [7, 11) is 1.62. The van der Waals surface area contributed by atoms with Gasteiger partial charge in [0.15, 0.2) is 5.76 Å². The summed E-state index contributed by atoms with van der Waals surface area (Å²) in [4.78, 5) is 16.6. The fraction of sp³-hybridized carbons (Fsp3) is 0.333. The van der Waals surface area contributed by atoms with Crippen molar-refractivity contribution >= 4 is 5.91 Å². The topological polar surface area (TPSA) is 95.1 Å². The van der Waals surface area contributed by atoms with Gasteiger partial charge >= 0.3 is 0 Å². The molecule has 0 spiro atoms. The lowest BCUT2D eigenvalue weighted by Gasteiger charge is -2.21. The summed E-state index contributed by atoms with van der Waals surface area (Å²) in [5.74, 6) is 2.18. The quantitative estimate of drug-likeness (QED) is 0.752. The van der Waals surface area contributed by atoms with E-state index in [4.69, 9.17) is 9.26 Å². The summed E-state index contributed by atoms with van der Waals surface area (Å²) >= 11 is 0. The number of rotatable bonds is 5. The van der Waals surface area contributed by atoms with Crippen LogP contribution in [0.4, 0.5) is 0 Å². The zero-order chi connectivity index (χ0) is 17.9. The first-order chi connectivity index (χ1) is 12.7. The highest BCUT2D eigenvalue weighted by molar-refractivity contribution is 5.78. The lowest BCUT2D eigenvalue weighted by molar-refractivity contribution is -0.126. The van der Waals surface area contributed by atoms with Gasteiger partial charge < -0.3 is 14.6 Å². The maximum atomic E-state index is 12.4. The van der Waals surface area contributed by atoms with Gasteiger partial charge in [-0.05, 0) is 18.6 Å². The third-order valence-electron chi connectivity index (χ3n) is 4.54. The second kappa shape index (κ2) is 6.99. The Labute approximate surface area is 150 Å². The van der Waals surface area contributed by atoms with Gasteiger partial charge in [0.1, 0.15) is 23.6 Å². The maximum absolute atomic E-state index is 12.4. The predicted octanol–water partition coefficient (Wildman–Crippen LogP) is 1.82. The molecule has 1 aliphatic rings. The average Bonchev–Trinajstić information content (AvgIpc) is 3.34. The molecule has 0 aliphatic carbocycles. The summed E-state index contributed by atoms with van der Waals surface area (Å²) < 4.78 is 12.4. The van der Waals surface area contributed by atoms with Gasteiger partial charge in [-0.2, -0.15) is 5.10 Å². The smallest absolute Gasteiger partial charge is 0.225 e. The molecule has 4 rings (SSSR count). The van der Waals surface area contributed by atoms with Crippen molar-refractivity contribution in [3.63, 3.8) is 0 Å². The highest BCUT2D eigenvalue weighted by Crippen LogP contribution is 2.23. The van der Waals surface area contributed by atoms with Crippen LogP contribution in [-0.2, 0) is 24.3 Å². The number of carbonyl (C=O) groups is 1. The van der Waals surface area contributed by atoms with Crippen molar-refractivity contribution in [1.29, 1.82) is 0 Å². The molecule has 134 valence electrons. The number of aryl methyl sites for hydroxylation is 1. The van der Waals surface area contributed by atoms with Crippen LogP contribution in [0.2, 0.25) is 0 Å². The Kier molecular flexibility index (Phi) is 4.39. The van der Waals surface area contributed by atoms with E-state index >= 15 is 0 Å². The van der Waals surface area contributed by atoms with E-state index in [1.54, 1.807) is 11.8 Å². The second-order valence-electron chi connectivity index (χ2n) is 6.22. The van der Waals surface area contributed by atoms with Crippen molar-refractivity contribution in [2.24, 2.45) is 5.92 Å². The minimum Gasteiger partial charge on any atom is -0.497 e. The molecule has 0 radical (unpaired) electrons. The third-order valence-corrected chi connectivity index (χ3v) is 4.54. The van der Waals surface area contributed by atoms with Crippen molar-refractivity contribution in [3.8, 4) is 17.0 Å². The number of amides is 1. The molecule has 1 N–H and O–H groups in total. The van der Waals surface area contributed by atoms with Crippen LogP contribution in [0.3, 0.4) is 0 Å². The monoisotopic (exact) mass is 353 g/mol. The van der Waals surface area contributed by atoms with Crippen molar-refractivity contribution in [1.82, 2.24) is 25.2 Å². The van der Waals surface area contributed by atoms with E-state index in [2.05, 4.69) is 20.6 Å². The summed E-state index contributed by atoms with van der Waals surface area (Å²) in [6.45, 7) is 0.864. The zero-order valence-corrected chi connectivity index (χ0v) is 14.4. The number of aromatic nitrogens is 4. The number of ether oxygens (including phenoxy) is 1. The van der Waals surface area contributed by atoms with E-state index in [0.717, 1.165) is 30.0 Å². The van der Waals surface area contributed by atoms with Crippen molar-refractivity contribution in [3.05, 3.63) is 48.2 Å². The number of fused-ring (bicyclic) bond motifs is 1. The molecule has 0 fully saturated rings. The number of nitrogens with zero attached hydrogens (tertiary/aromatic N) is 4. The van der Waals surface area contributed by atoms with Gasteiger partial charge in [0.25, 0.3) is 0 Å². The van der Waals surface area contributed by atoms with E-state index in [0.29, 0.717) is 24.5 Å². The first-order valence-corrected chi connectivity index (χ1v) is 8.47. The minimum atomic E-state index is -0.107. The molecule has 3 heterocycles. The van der Waals surface area contributed by atoms with Crippen molar-refractivity contribution < 1.29 is 14.1 Å². The Morgan fingerprint density at radius 1 is 1.42 bits per heavy atom. The number of hydrogen-bond acceptors (Lipinski definition) is 6. The van der Waals surface area contributed by atoms with Gasteiger partial charge in [0.2, 0.25) is 5.91 Å². The molecule has 0 bridgehead atoms. The molecule has 3 aromatic rings. The molecule has 0 saturated heterocycles. The molecule has 1 aliphatic heterocycles. The second-order valence-corrected chi connectivity index (χ2v) is 6.22. The van der Waals surface area contributed by atoms with Crippen LogP contribution in [0.5, 0.6) is 5.75 Å². The molecule has 2 aromatic heterocycles. The SMILES string of the molecule is COc1cccc(-c2cc(CNC(=O)C3CCc4ncnn4C3)on2)c1. The van der Waals surface area contributed by atoms with Crippen LogP contribution < -0.4 is 10.1 Å². The minimum absolute atomic E-state index is 0.00881. The van der Waals surface area contributed by atoms with Crippen LogP contribution in [0.25, 0.3) is 11.3 Å². The summed E-state index contributed by atoms with van der Waals surface area (Å²) in [5.41, 5.74) is 1.61. The Balaban J connectivity index is 1.37. The highest BCUT2D eigenvalue weighted by Gasteiger charge is 2.25. The Bertz CT molecular complexity index is 917. The van der Waals surface area contributed by atoms with Crippen LogP contribution in [0, 0.1) is 5.92 Å². The van der Waals surface area contributed by atoms with Gasteiger partial charge in [-0.15, -0.1) is 0 Å². The molecular weight excluding hydrogens is 334 g/mol. The molecular formula is C18H19N5O3. The number of nitrogens with one attached hydrogen (secondary N) is 1. The highest BCUT2D eigenvalue weighted by atomic mass is 16.5. The first-order valence-electron chi connectivity index (χ1n) is 8.47. The predicted molar refractivity (Wildman–Crippen MR) is 92.2 cm³/mol. The first kappa shape index (κ1) is 16.3. The van der Waals surface area contributed by atoms with Gasteiger partial charge in [0.05, 0.1) is 26.1 Å². The molecule has 1 aromatic carbocycles. The van der Waals surface area contributed by atoms with Crippen molar-refractivity contribution in [2.75, 3.05) is 7.11 Å². The van der Waals surface area contributed by atoms with Gasteiger partial charge in [-0.3, -0.25) is 4.79 Å². The Hall–Kier alpha value is -3.16. The normalized spacial score (nSPS) is 16.1. The number of carbonyl (C=O) groups excluding carboxylic acids is 1. The number of hydrogen-bond donors (Lipinski definition) is 1. The van der Waals surface area contributed by atoms with Gasteiger partial charge in [-0.1, -0.05) is 17.3 Å². The van der Waals surface area contributed by atoms with Crippen LogP contribution in [0.1, 0.15) is 18.0 Å². The Morgan fingerprint density at radius 2 is 2.35 bits per heavy atom. The molecule has 26 heavy (non-hydrogen) atoms. The number of benzene rings is 1. The molecule has 8 heteroatoms. The zero-order valence-electron chi connectivity index (χ0n) is 14.4. The van der Waals surface area contributed by atoms with Gasteiger partial charge in [0, 0.05) is 18.1 Å².